The summed E-state index contributed by atoms with van der Waals surface area (Å²) in [6.45, 7) is 3.60. The molecule has 0 spiro atoms. The third kappa shape index (κ3) is 2.67. The highest BCUT2D eigenvalue weighted by atomic mass is 32.2. The number of thioether (sulfide) groups is 1. The van der Waals surface area contributed by atoms with E-state index in [1.54, 1.807) is 38.4 Å². The molecule has 1 aromatic rings. The second-order valence-electron chi connectivity index (χ2n) is 6.18. The molecule has 7 nitrogen and oxygen atoms in total. The molecule has 0 unspecified atom stereocenters. The Morgan fingerprint density at radius 1 is 1.48 bits per heavy atom. The number of hydrogen-bond donors (Lipinski definition) is 2. The average molecular weight is 335 g/mol. The lowest BCUT2D eigenvalue weighted by molar-refractivity contribution is -0.161. The summed E-state index contributed by atoms with van der Waals surface area (Å²) in [4.78, 5) is 41.1. The maximum Gasteiger partial charge on any atom is 0.327 e. The van der Waals surface area contributed by atoms with Crippen molar-refractivity contribution in [3.8, 4) is 0 Å². The molecule has 2 aliphatic rings. The first kappa shape index (κ1) is 15.8. The van der Waals surface area contributed by atoms with Gasteiger partial charge >= 0.3 is 5.97 Å². The lowest BCUT2D eigenvalue weighted by atomic mass is 9.96. The van der Waals surface area contributed by atoms with Gasteiger partial charge in [0.1, 0.15) is 17.5 Å². The Bertz CT molecular complexity index is 664. The molecular weight excluding hydrogens is 318 g/mol. The fourth-order valence-corrected chi connectivity index (χ4v) is 4.68. The van der Waals surface area contributed by atoms with Crippen LogP contribution in [0.15, 0.2) is 24.5 Å². The van der Waals surface area contributed by atoms with Gasteiger partial charge in [0.15, 0.2) is 0 Å². The van der Waals surface area contributed by atoms with E-state index in [1.165, 1.54) is 16.7 Å². The van der Waals surface area contributed by atoms with Crippen molar-refractivity contribution in [2.45, 2.75) is 42.5 Å². The third-order valence-electron chi connectivity index (χ3n) is 4.08. The van der Waals surface area contributed by atoms with Gasteiger partial charge < -0.3 is 15.3 Å². The smallest absolute Gasteiger partial charge is 0.327 e. The second kappa shape index (κ2) is 5.52. The van der Waals surface area contributed by atoms with E-state index in [9.17, 15) is 19.5 Å². The van der Waals surface area contributed by atoms with Gasteiger partial charge in [0, 0.05) is 17.1 Å². The van der Waals surface area contributed by atoms with Gasteiger partial charge in [-0.1, -0.05) is 6.07 Å². The molecule has 2 saturated heterocycles. The van der Waals surface area contributed by atoms with Crippen LogP contribution in [0.2, 0.25) is 0 Å². The van der Waals surface area contributed by atoms with Gasteiger partial charge in [-0.3, -0.25) is 14.6 Å². The fourth-order valence-electron chi connectivity index (χ4n) is 3.06. The maximum atomic E-state index is 12.3. The molecule has 122 valence electrons. The SMILES string of the molecule is CC1(C)S[C@@H]2[C@H](NC(=O)Cc3cccnc3)C(=O)N2[C@H]1C(=O)O. The number of carboxylic acid groups (broad SMARTS) is 1. The Hall–Kier alpha value is -2.09. The molecule has 8 heteroatoms. The number of carbonyl (C=O) groups is 3. The minimum absolute atomic E-state index is 0.140. The summed E-state index contributed by atoms with van der Waals surface area (Å²) in [6.07, 6.45) is 3.36. The van der Waals surface area contributed by atoms with Crippen LogP contribution in [0.1, 0.15) is 19.4 Å². The van der Waals surface area contributed by atoms with Gasteiger partial charge in [0.2, 0.25) is 11.8 Å². The van der Waals surface area contributed by atoms with Crippen LogP contribution in [0.25, 0.3) is 0 Å². The first-order chi connectivity index (χ1) is 10.8. The minimum Gasteiger partial charge on any atom is -0.480 e. The standard InChI is InChI=1S/C15H17N3O4S/c1-15(2)11(14(21)22)18-12(20)10(13(18)23-15)17-9(19)6-8-4-3-5-16-7-8/h3-5,7,10-11,13H,6H2,1-2H3,(H,17,19)(H,21,22)/t10-,11+,13-/m1/s1. The van der Waals surface area contributed by atoms with Gasteiger partial charge in [0.25, 0.3) is 0 Å². The lowest BCUT2D eigenvalue weighted by Crippen LogP contribution is -2.70. The zero-order chi connectivity index (χ0) is 16.8. The predicted molar refractivity (Wildman–Crippen MR) is 83.6 cm³/mol. The van der Waals surface area contributed by atoms with Crippen LogP contribution in [-0.2, 0) is 20.8 Å². The molecule has 3 heterocycles. The van der Waals surface area contributed by atoms with Crippen LogP contribution in [0.4, 0.5) is 0 Å². The maximum absolute atomic E-state index is 12.3. The van der Waals surface area contributed by atoms with E-state index in [2.05, 4.69) is 10.3 Å². The Balaban J connectivity index is 1.66. The summed E-state index contributed by atoms with van der Waals surface area (Å²) in [5.41, 5.74) is 0.761. The number of aliphatic carboxylic acids is 1. The lowest BCUT2D eigenvalue weighted by Gasteiger charge is -2.43. The molecule has 0 bridgehead atoms. The van der Waals surface area contributed by atoms with Gasteiger partial charge in [-0.15, -0.1) is 11.8 Å². The average Bonchev–Trinajstić information content (AvgIpc) is 2.74. The number of carbonyl (C=O) groups excluding carboxylic acids is 2. The molecule has 0 saturated carbocycles. The number of rotatable bonds is 4. The van der Waals surface area contributed by atoms with Crippen molar-refractivity contribution in [1.82, 2.24) is 15.2 Å². The van der Waals surface area contributed by atoms with Gasteiger partial charge in [-0.25, -0.2) is 4.79 Å². The summed E-state index contributed by atoms with van der Waals surface area (Å²) in [6, 6.07) is 2.00. The quantitative estimate of drug-likeness (QED) is 0.766. The number of nitrogens with zero attached hydrogens (tertiary/aromatic N) is 2. The van der Waals surface area contributed by atoms with Gasteiger partial charge in [-0.2, -0.15) is 0 Å². The van der Waals surface area contributed by atoms with Crippen molar-refractivity contribution in [2.75, 3.05) is 0 Å². The van der Waals surface area contributed by atoms with Crippen LogP contribution in [0, 0.1) is 0 Å². The van der Waals surface area contributed by atoms with E-state index in [0.717, 1.165) is 5.56 Å². The number of fused-ring (bicyclic) bond motifs is 1. The fraction of sp³-hybridized carbons (Fsp3) is 0.467. The molecule has 2 N–H and O–H groups in total. The van der Waals surface area contributed by atoms with Crippen LogP contribution in [0.5, 0.6) is 0 Å². The number of aromatic nitrogens is 1. The highest BCUT2D eigenvalue weighted by molar-refractivity contribution is 8.01. The Morgan fingerprint density at radius 3 is 2.83 bits per heavy atom. The van der Waals surface area contributed by atoms with E-state index < -0.39 is 22.8 Å². The largest absolute Gasteiger partial charge is 0.480 e. The normalized spacial score (nSPS) is 28.0. The van der Waals surface area contributed by atoms with E-state index in [1.807, 2.05) is 0 Å². The van der Waals surface area contributed by atoms with Crippen LogP contribution >= 0.6 is 11.8 Å². The minimum atomic E-state index is -1.02. The van der Waals surface area contributed by atoms with E-state index >= 15 is 0 Å². The number of amides is 2. The third-order valence-corrected chi connectivity index (χ3v) is 5.65. The highest BCUT2D eigenvalue weighted by Crippen LogP contribution is 2.50. The first-order valence-corrected chi connectivity index (χ1v) is 8.10. The molecule has 3 atom stereocenters. The molecule has 0 aromatic carbocycles. The van der Waals surface area contributed by atoms with Crippen LogP contribution < -0.4 is 5.32 Å². The van der Waals surface area contributed by atoms with Crippen LogP contribution in [0.3, 0.4) is 0 Å². The summed E-state index contributed by atoms with van der Waals surface area (Å²) in [5.74, 6) is -1.62. The van der Waals surface area contributed by atoms with E-state index in [0.29, 0.717) is 0 Å². The molecular formula is C15H17N3O4S. The highest BCUT2D eigenvalue weighted by Gasteiger charge is 2.64. The van der Waals surface area contributed by atoms with Gasteiger partial charge in [-0.05, 0) is 25.5 Å². The van der Waals surface area contributed by atoms with Crippen molar-refractivity contribution in [1.29, 1.82) is 0 Å². The number of hydrogen-bond acceptors (Lipinski definition) is 5. The van der Waals surface area contributed by atoms with E-state index in [-0.39, 0.29) is 23.6 Å². The zero-order valence-corrected chi connectivity index (χ0v) is 13.5. The van der Waals surface area contributed by atoms with Gasteiger partial charge in [0.05, 0.1) is 6.42 Å². The summed E-state index contributed by atoms with van der Waals surface area (Å²) in [5, 5.41) is 11.7. The molecule has 23 heavy (non-hydrogen) atoms. The number of nitrogens with one attached hydrogen (secondary N) is 1. The molecule has 0 aliphatic carbocycles. The van der Waals surface area contributed by atoms with Crippen molar-refractivity contribution in [3.63, 3.8) is 0 Å². The van der Waals surface area contributed by atoms with Crippen molar-refractivity contribution in [2.24, 2.45) is 0 Å². The first-order valence-electron chi connectivity index (χ1n) is 7.22. The Kier molecular flexibility index (Phi) is 3.79. The summed E-state index contributed by atoms with van der Waals surface area (Å²) < 4.78 is -0.588. The topological polar surface area (TPSA) is 99.6 Å². The second-order valence-corrected chi connectivity index (χ2v) is 7.95. The van der Waals surface area contributed by atoms with Crippen LogP contribution in [-0.4, -0.2) is 55.0 Å². The molecule has 2 fully saturated rings. The summed E-state index contributed by atoms with van der Waals surface area (Å²) >= 11 is 1.41. The number of carboxylic acids is 1. The van der Waals surface area contributed by atoms with Crippen molar-refractivity contribution >= 4 is 29.5 Å². The molecule has 3 rings (SSSR count). The Labute approximate surface area is 137 Å². The zero-order valence-electron chi connectivity index (χ0n) is 12.7. The summed E-state index contributed by atoms with van der Waals surface area (Å²) in [7, 11) is 0. The Morgan fingerprint density at radius 2 is 2.22 bits per heavy atom. The molecule has 0 radical (unpaired) electrons. The van der Waals surface area contributed by atoms with E-state index in [4.69, 9.17) is 0 Å². The molecule has 2 amide bonds. The predicted octanol–water partition coefficient (Wildman–Crippen LogP) is 0.256. The van der Waals surface area contributed by atoms with Crippen molar-refractivity contribution < 1.29 is 19.5 Å². The molecule has 1 aromatic heterocycles. The number of pyridine rings is 1. The molecule has 2 aliphatic heterocycles. The van der Waals surface area contributed by atoms with Crippen molar-refractivity contribution in [3.05, 3.63) is 30.1 Å². The monoisotopic (exact) mass is 335 g/mol. The number of β-lactam (4-membered cyclic amide) rings is 1.